The number of ether oxygens (including phenoxy) is 1. The van der Waals surface area contributed by atoms with Crippen molar-refractivity contribution in [3.05, 3.63) is 48.5 Å². The summed E-state index contributed by atoms with van der Waals surface area (Å²) in [4.78, 5) is 12.5. The molecule has 0 amide bonds. The van der Waals surface area contributed by atoms with Crippen molar-refractivity contribution in [2.24, 2.45) is 0 Å². The van der Waals surface area contributed by atoms with Crippen LogP contribution < -0.4 is 9.64 Å². The Labute approximate surface area is 118 Å². The molecule has 0 aliphatic rings. The van der Waals surface area contributed by atoms with Gasteiger partial charge >= 0.3 is 5.97 Å². The summed E-state index contributed by atoms with van der Waals surface area (Å²) in [6, 6.07) is 15.5. The second-order valence-electron chi connectivity index (χ2n) is 4.62. The first-order valence-corrected chi connectivity index (χ1v) is 6.29. The highest BCUT2D eigenvalue weighted by Crippen LogP contribution is 2.30. The minimum atomic E-state index is -0.980. The van der Waals surface area contributed by atoms with Crippen LogP contribution in [0.3, 0.4) is 0 Å². The first-order chi connectivity index (χ1) is 9.58. The second-order valence-corrected chi connectivity index (χ2v) is 4.62. The quantitative estimate of drug-likeness (QED) is 0.908. The van der Waals surface area contributed by atoms with Crippen LogP contribution in [-0.4, -0.2) is 31.8 Å². The molecule has 0 spiro atoms. The Kier molecular flexibility index (Phi) is 4.25. The highest BCUT2D eigenvalue weighted by Gasteiger charge is 2.06. The molecule has 0 heterocycles. The zero-order chi connectivity index (χ0) is 14.5. The average molecular weight is 271 g/mol. The number of anilines is 1. The lowest BCUT2D eigenvalue weighted by atomic mass is 10.0. The fourth-order valence-electron chi connectivity index (χ4n) is 1.98. The van der Waals surface area contributed by atoms with E-state index in [0.29, 0.717) is 5.75 Å². The van der Waals surface area contributed by atoms with Crippen molar-refractivity contribution in [3.8, 4) is 16.9 Å². The number of carbonyl (C=O) groups is 1. The van der Waals surface area contributed by atoms with E-state index in [1.807, 2.05) is 38.4 Å². The third-order valence-electron chi connectivity index (χ3n) is 2.91. The summed E-state index contributed by atoms with van der Waals surface area (Å²) in [5.41, 5.74) is 3.32. The SMILES string of the molecule is CN(C)c1ccccc1-c1ccc(OCC(=O)O)cc1. The van der Waals surface area contributed by atoms with Crippen LogP contribution in [0.1, 0.15) is 0 Å². The minimum Gasteiger partial charge on any atom is -0.482 e. The molecule has 2 aromatic rings. The summed E-state index contributed by atoms with van der Waals surface area (Å²) in [5, 5.41) is 8.57. The molecule has 0 radical (unpaired) electrons. The summed E-state index contributed by atoms with van der Waals surface area (Å²) in [5.74, 6) is -0.425. The van der Waals surface area contributed by atoms with Crippen LogP contribution in [0.25, 0.3) is 11.1 Å². The third kappa shape index (κ3) is 3.29. The van der Waals surface area contributed by atoms with Crippen molar-refractivity contribution in [2.75, 3.05) is 25.6 Å². The number of benzene rings is 2. The van der Waals surface area contributed by atoms with Gasteiger partial charge in [0, 0.05) is 25.3 Å². The van der Waals surface area contributed by atoms with Gasteiger partial charge in [0.25, 0.3) is 0 Å². The maximum atomic E-state index is 10.5. The first kappa shape index (κ1) is 13.9. The standard InChI is InChI=1S/C16H17NO3/c1-17(2)15-6-4-3-5-14(15)12-7-9-13(10-8-12)20-11-16(18)19/h3-10H,11H2,1-2H3,(H,18,19). The molecule has 20 heavy (non-hydrogen) atoms. The van der Waals surface area contributed by atoms with E-state index in [-0.39, 0.29) is 6.61 Å². The fourth-order valence-corrected chi connectivity index (χ4v) is 1.98. The van der Waals surface area contributed by atoms with Gasteiger partial charge in [-0.3, -0.25) is 0 Å². The van der Waals surface area contributed by atoms with Crippen molar-refractivity contribution in [1.29, 1.82) is 0 Å². The van der Waals surface area contributed by atoms with E-state index in [0.717, 1.165) is 16.8 Å². The maximum Gasteiger partial charge on any atom is 0.341 e. The Morgan fingerprint density at radius 1 is 1.10 bits per heavy atom. The topological polar surface area (TPSA) is 49.8 Å². The van der Waals surface area contributed by atoms with E-state index >= 15 is 0 Å². The van der Waals surface area contributed by atoms with Crippen LogP contribution in [-0.2, 0) is 4.79 Å². The molecular formula is C16H17NO3. The Balaban J connectivity index is 2.24. The van der Waals surface area contributed by atoms with Crippen molar-refractivity contribution in [3.63, 3.8) is 0 Å². The summed E-state index contributed by atoms with van der Waals surface area (Å²) in [7, 11) is 4.01. The molecule has 2 aromatic carbocycles. The number of rotatable bonds is 5. The molecule has 0 bridgehead atoms. The van der Waals surface area contributed by atoms with Crippen molar-refractivity contribution < 1.29 is 14.6 Å². The molecule has 0 unspecified atom stereocenters. The minimum absolute atomic E-state index is 0.326. The number of carboxylic acid groups (broad SMARTS) is 1. The lowest BCUT2D eigenvalue weighted by Gasteiger charge is -2.17. The fraction of sp³-hybridized carbons (Fsp3) is 0.188. The van der Waals surface area contributed by atoms with Crippen LogP contribution in [0, 0.1) is 0 Å². The molecule has 0 aromatic heterocycles. The van der Waals surface area contributed by atoms with E-state index in [2.05, 4.69) is 17.0 Å². The lowest BCUT2D eigenvalue weighted by molar-refractivity contribution is -0.139. The third-order valence-corrected chi connectivity index (χ3v) is 2.91. The van der Waals surface area contributed by atoms with Gasteiger partial charge in [0.05, 0.1) is 0 Å². The summed E-state index contributed by atoms with van der Waals surface area (Å²) in [6.45, 7) is -0.326. The Morgan fingerprint density at radius 2 is 1.75 bits per heavy atom. The van der Waals surface area contributed by atoms with Crippen LogP contribution in [0.5, 0.6) is 5.75 Å². The van der Waals surface area contributed by atoms with Crippen LogP contribution in [0.15, 0.2) is 48.5 Å². The lowest BCUT2D eigenvalue weighted by Crippen LogP contribution is -2.10. The average Bonchev–Trinajstić information content (AvgIpc) is 2.45. The second kappa shape index (κ2) is 6.10. The van der Waals surface area contributed by atoms with Gasteiger partial charge < -0.3 is 14.7 Å². The zero-order valence-electron chi connectivity index (χ0n) is 11.5. The largest absolute Gasteiger partial charge is 0.482 e. The molecule has 4 nitrogen and oxygen atoms in total. The summed E-state index contributed by atoms with van der Waals surface area (Å²) in [6.07, 6.45) is 0. The van der Waals surface area contributed by atoms with Crippen molar-refractivity contribution >= 4 is 11.7 Å². The molecule has 0 atom stereocenters. The number of hydrogen-bond acceptors (Lipinski definition) is 3. The van der Waals surface area contributed by atoms with E-state index in [1.165, 1.54) is 0 Å². The smallest absolute Gasteiger partial charge is 0.341 e. The normalized spacial score (nSPS) is 10.1. The van der Waals surface area contributed by atoms with Gasteiger partial charge in [0.1, 0.15) is 5.75 Å². The van der Waals surface area contributed by atoms with Gasteiger partial charge in [-0.25, -0.2) is 4.79 Å². The Morgan fingerprint density at radius 3 is 2.35 bits per heavy atom. The monoisotopic (exact) mass is 271 g/mol. The number of aliphatic carboxylic acids is 1. The molecule has 2 rings (SSSR count). The highest BCUT2D eigenvalue weighted by atomic mass is 16.5. The highest BCUT2D eigenvalue weighted by molar-refractivity contribution is 5.78. The van der Waals surface area contributed by atoms with E-state index < -0.39 is 5.97 Å². The molecule has 0 saturated carbocycles. The Hall–Kier alpha value is -2.49. The molecule has 0 aliphatic carbocycles. The van der Waals surface area contributed by atoms with Gasteiger partial charge in [-0.05, 0) is 23.8 Å². The molecule has 0 fully saturated rings. The van der Waals surface area contributed by atoms with Crippen LogP contribution >= 0.6 is 0 Å². The number of hydrogen-bond donors (Lipinski definition) is 1. The van der Waals surface area contributed by atoms with Gasteiger partial charge in [-0.15, -0.1) is 0 Å². The molecule has 0 saturated heterocycles. The summed E-state index contributed by atoms with van der Waals surface area (Å²) >= 11 is 0. The molecule has 1 N–H and O–H groups in total. The number of carboxylic acids is 1. The van der Waals surface area contributed by atoms with Crippen LogP contribution in [0.2, 0.25) is 0 Å². The van der Waals surface area contributed by atoms with Crippen molar-refractivity contribution in [2.45, 2.75) is 0 Å². The van der Waals surface area contributed by atoms with Crippen molar-refractivity contribution in [1.82, 2.24) is 0 Å². The van der Waals surface area contributed by atoms with Crippen LogP contribution in [0.4, 0.5) is 5.69 Å². The number of nitrogens with zero attached hydrogens (tertiary/aromatic N) is 1. The van der Waals surface area contributed by atoms with E-state index in [1.54, 1.807) is 12.1 Å². The maximum absolute atomic E-state index is 10.5. The molecule has 4 heteroatoms. The molecule has 0 aliphatic heterocycles. The summed E-state index contributed by atoms with van der Waals surface area (Å²) < 4.78 is 5.13. The molecular weight excluding hydrogens is 254 g/mol. The van der Waals surface area contributed by atoms with E-state index in [9.17, 15) is 4.79 Å². The van der Waals surface area contributed by atoms with Gasteiger partial charge in [0.15, 0.2) is 6.61 Å². The van der Waals surface area contributed by atoms with Gasteiger partial charge in [-0.2, -0.15) is 0 Å². The predicted octanol–water partition coefficient (Wildman–Crippen LogP) is 2.88. The predicted molar refractivity (Wildman–Crippen MR) is 79.3 cm³/mol. The van der Waals surface area contributed by atoms with Gasteiger partial charge in [0.2, 0.25) is 0 Å². The number of para-hydroxylation sites is 1. The first-order valence-electron chi connectivity index (χ1n) is 6.29. The Bertz CT molecular complexity index is 591. The zero-order valence-corrected chi connectivity index (χ0v) is 11.5. The van der Waals surface area contributed by atoms with Gasteiger partial charge in [-0.1, -0.05) is 30.3 Å². The van der Waals surface area contributed by atoms with E-state index in [4.69, 9.17) is 9.84 Å². The molecule has 104 valence electrons.